The molecule has 2 amide bonds. The Kier molecular flexibility index (Phi) is 5.80. The Bertz CT molecular complexity index is 577. The Labute approximate surface area is 138 Å². The molecule has 0 aliphatic carbocycles. The van der Waals surface area contributed by atoms with Crippen molar-refractivity contribution in [3.05, 3.63) is 17.2 Å². The molecule has 0 aromatic carbocycles. The normalized spacial score (nSPS) is 15.2. The number of hydrogen-bond acceptors (Lipinski definition) is 3. The molecule has 128 valence electrons. The van der Waals surface area contributed by atoms with Gasteiger partial charge >= 0.3 is 0 Å². The van der Waals surface area contributed by atoms with Gasteiger partial charge < -0.3 is 15.2 Å². The van der Waals surface area contributed by atoms with E-state index in [0.29, 0.717) is 24.0 Å². The van der Waals surface area contributed by atoms with Crippen molar-refractivity contribution in [2.45, 2.75) is 66.0 Å². The summed E-state index contributed by atoms with van der Waals surface area (Å²) in [5.41, 5.74) is 1.31. The van der Waals surface area contributed by atoms with E-state index in [4.69, 9.17) is 0 Å². The molecule has 0 saturated carbocycles. The molecule has 2 heterocycles. The summed E-state index contributed by atoms with van der Waals surface area (Å²) in [4.78, 5) is 29.3. The van der Waals surface area contributed by atoms with Crippen molar-refractivity contribution in [2.24, 2.45) is 5.92 Å². The van der Waals surface area contributed by atoms with Crippen LogP contribution < -0.4 is 10.6 Å². The molecule has 1 atom stereocenters. The first kappa shape index (κ1) is 17.5. The highest BCUT2D eigenvalue weighted by molar-refractivity contribution is 5.97. The lowest BCUT2D eigenvalue weighted by Gasteiger charge is -2.18. The van der Waals surface area contributed by atoms with Gasteiger partial charge in [0, 0.05) is 19.1 Å². The molecule has 0 saturated heterocycles. The number of aromatic nitrogens is 2. The Morgan fingerprint density at radius 1 is 1.22 bits per heavy atom. The lowest BCUT2D eigenvalue weighted by molar-refractivity contribution is 0.0923. The maximum atomic E-state index is 12.5. The fourth-order valence-corrected chi connectivity index (χ4v) is 2.67. The number of carbonyl (C=O) groups excluding carboxylic acids is 2. The van der Waals surface area contributed by atoms with Gasteiger partial charge in [0.05, 0.1) is 5.69 Å². The van der Waals surface area contributed by atoms with Crippen LogP contribution in [0.4, 0.5) is 0 Å². The third-order valence-corrected chi connectivity index (χ3v) is 4.20. The second-order valence-corrected chi connectivity index (χ2v) is 6.73. The first-order valence-corrected chi connectivity index (χ1v) is 8.62. The van der Waals surface area contributed by atoms with Gasteiger partial charge in [0.15, 0.2) is 5.82 Å². The van der Waals surface area contributed by atoms with Crippen molar-refractivity contribution in [2.75, 3.05) is 6.54 Å². The molecule has 23 heavy (non-hydrogen) atoms. The van der Waals surface area contributed by atoms with Crippen LogP contribution in [0.1, 0.15) is 73.8 Å². The van der Waals surface area contributed by atoms with Crippen LogP contribution in [0.5, 0.6) is 0 Å². The maximum Gasteiger partial charge on any atom is 0.287 e. The second kappa shape index (κ2) is 7.62. The van der Waals surface area contributed by atoms with Gasteiger partial charge in [-0.05, 0) is 38.5 Å². The summed E-state index contributed by atoms with van der Waals surface area (Å²) in [5.74, 6) is 0.387. The fourth-order valence-electron chi connectivity index (χ4n) is 2.67. The van der Waals surface area contributed by atoms with Crippen LogP contribution in [0, 0.1) is 5.92 Å². The van der Waals surface area contributed by atoms with Crippen molar-refractivity contribution in [3.63, 3.8) is 0 Å². The van der Waals surface area contributed by atoms with E-state index in [9.17, 15) is 9.59 Å². The van der Waals surface area contributed by atoms with Crippen LogP contribution >= 0.6 is 0 Å². The summed E-state index contributed by atoms with van der Waals surface area (Å²) < 4.78 is 1.92. The summed E-state index contributed by atoms with van der Waals surface area (Å²) in [6, 6.07) is 0.0947. The van der Waals surface area contributed by atoms with E-state index in [2.05, 4.69) is 15.6 Å². The van der Waals surface area contributed by atoms with Gasteiger partial charge in [-0.1, -0.05) is 20.8 Å². The summed E-state index contributed by atoms with van der Waals surface area (Å²) in [6.45, 7) is 9.45. The lowest BCUT2D eigenvalue weighted by atomic mass is 10.1. The lowest BCUT2D eigenvalue weighted by Crippen LogP contribution is -2.34. The van der Waals surface area contributed by atoms with Gasteiger partial charge in [0.1, 0.15) is 5.69 Å². The van der Waals surface area contributed by atoms with E-state index in [1.54, 1.807) is 0 Å². The number of rotatable bonds is 6. The average Bonchev–Trinajstić information content (AvgIpc) is 2.92. The monoisotopic (exact) mass is 320 g/mol. The van der Waals surface area contributed by atoms with E-state index in [-0.39, 0.29) is 17.9 Å². The molecule has 6 heteroatoms. The minimum absolute atomic E-state index is 0.0947. The summed E-state index contributed by atoms with van der Waals surface area (Å²) in [6.07, 6.45) is 3.71. The fraction of sp³-hybridized carbons (Fsp3) is 0.706. The van der Waals surface area contributed by atoms with Gasteiger partial charge in [-0.25, -0.2) is 4.98 Å². The summed E-state index contributed by atoms with van der Waals surface area (Å²) in [7, 11) is 0. The van der Waals surface area contributed by atoms with E-state index in [0.717, 1.165) is 37.9 Å². The van der Waals surface area contributed by atoms with Crippen molar-refractivity contribution >= 4 is 11.8 Å². The van der Waals surface area contributed by atoms with Crippen LogP contribution in [0.2, 0.25) is 0 Å². The Hall–Kier alpha value is -1.85. The van der Waals surface area contributed by atoms with Gasteiger partial charge in [0.2, 0.25) is 0 Å². The van der Waals surface area contributed by atoms with Crippen LogP contribution in [0.3, 0.4) is 0 Å². The molecule has 1 aliphatic heterocycles. The third kappa shape index (κ3) is 4.12. The molecule has 1 aromatic heterocycles. The molecule has 0 bridgehead atoms. The number of nitrogens with zero attached hydrogens (tertiary/aromatic N) is 2. The van der Waals surface area contributed by atoms with Gasteiger partial charge in [0.25, 0.3) is 11.8 Å². The summed E-state index contributed by atoms with van der Waals surface area (Å²) >= 11 is 0. The highest BCUT2D eigenvalue weighted by Gasteiger charge is 2.27. The molecule has 1 unspecified atom stereocenters. The first-order chi connectivity index (χ1) is 10.9. The molecule has 1 aromatic rings. The van der Waals surface area contributed by atoms with Crippen molar-refractivity contribution in [1.29, 1.82) is 0 Å². The smallest absolute Gasteiger partial charge is 0.287 e. The van der Waals surface area contributed by atoms with Crippen LogP contribution in [-0.4, -0.2) is 34.0 Å². The number of imidazole rings is 1. The zero-order chi connectivity index (χ0) is 17.0. The van der Waals surface area contributed by atoms with E-state index < -0.39 is 0 Å². The molecule has 1 aliphatic rings. The second-order valence-electron chi connectivity index (χ2n) is 6.73. The number of nitrogens with one attached hydrogen (secondary N) is 2. The number of hydrogen-bond donors (Lipinski definition) is 2. The van der Waals surface area contributed by atoms with Crippen LogP contribution in [0.25, 0.3) is 0 Å². The van der Waals surface area contributed by atoms with Crippen molar-refractivity contribution < 1.29 is 9.59 Å². The third-order valence-electron chi connectivity index (χ3n) is 4.20. The quantitative estimate of drug-likeness (QED) is 0.843. The van der Waals surface area contributed by atoms with Gasteiger partial charge in [-0.15, -0.1) is 0 Å². The SMILES string of the molecule is CCC(C)NC(=O)c1nc(C(=O)NCC(C)C)c2n1CCCC2. The first-order valence-electron chi connectivity index (χ1n) is 8.62. The average molecular weight is 320 g/mol. The number of amides is 2. The number of fused-ring (bicyclic) bond motifs is 1. The van der Waals surface area contributed by atoms with Gasteiger partial charge in [-0.2, -0.15) is 0 Å². The predicted molar refractivity (Wildman–Crippen MR) is 89.6 cm³/mol. The molecule has 0 spiro atoms. The molecule has 2 N–H and O–H groups in total. The molecule has 2 rings (SSSR count). The van der Waals surface area contributed by atoms with Crippen LogP contribution in [0.15, 0.2) is 0 Å². The van der Waals surface area contributed by atoms with Gasteiger partial charge in [-0.3, -0.25) is 9.59 Å². The standard InChI is InChI=1S/C17H28N4O2/c1-5-12(4)19-17(23)15-20-14(16(22)18-10-11(2)3)13-8-6-7-9-21(13)15/h11-12H,5-10H2,1-4H3,(H,18,22)(H,19,23). The minimum Gasteiger partial charge on any atom is -0.350 e. The topological polar surface area (TPSA) is 76.0 Å². The maximum absolute atomic E-state index is 12.5. The Morgan fingerprint density at radius 2 is 1.96 bits per heavy atom. The molecule has 0 fully saturated rings. The molecule has 0 radical (unpaired) electrons. The zero-order valence-corrected chi connectivity index (χ0v) is 14.6. The van der Waals surface area contributed by atoms with E-state index >= 15 is 0 Å². The molecular weight excluding hydrogens is 292 g/mol. The van der Waals surface area contributed by atoms with Crippen molar-refractivity contribution in [3.8, 4) is 0 Å². The largest absolute Gasteiger partial charge is 0.350 e. The zero-order valence-electron chi connectivity index (χ0n) is 14.6. The Morgan fingerprint density at radius 3 is 2.61 bits per heavy atom. The van der Waals surface area contributed by atoms with Crippen molar-refractivity contribution in [1.82, 2.24) is 20.2 Å². The minimum atomic E-state index is -0.189. The highest BCUT2D eigenvalue weighted by atomic mass is 16.2. The Balaban J connectivity index is 2.26. The summed E-state index contributed by atoms with van der Waals surface area (Å²) in [5, 5.41) is 5.85. The molecule has 6 nitrogen and oxygen atoms in total. The van der Waals surface area contributed by atoms with E-state index in [1.165, 1.54) is 0 Å². The highest BCUT2D eigenvalue weighted by Crippen LogP contribution is 2.21. The van der Waals surface area contributed by atoms with E-state index in [1.807, 2.05) is 32.3 Å². The predicted octanol–water partition coefficient (Wildman–Crippen LogP) is 2.13. The molecular formula is C17H28N4O2. The number of carbonyl (C=O) groups is 2. The van der Waals surface area contributed by atoms with Crippen LogP contribution in [-0.2, 0) is 13.0 Å².